The fourth-order valence-electron chi connectivity index (χ4n) is 4.15. The van der Waals surface area contributed by atoms with Crippen LogP contribution in [0.25, 0.3) is 0 Å². The van der Waals surface area contributed by atoms with E-state index in [-0.39, 0.29) is 17.9 Å². The summed E-state index contributed by atoms with van der Waals surface area (Å²) in [6.45, 7) is 3.19. The number of nitrogens with one attached hydrogen (secondary N) is 1. The number of pyridine rings is 1. The van der Waals surface area contributed by atoms with Crippen LogP contribution >= 0.6 is 0 Å². The average Bonchev–Trinajstić information content (AvgIpc) is 3.66. The Balaban J connectivity index is 1.31. The first kappa shape index (κ1) is 21.3. The molecule has 1 N–H and O–H groups in total. The second-order valence-electron chi connectivity index (χ2n) is 8.31. The summed E-state index contributed by atoms with van der Waals surface area (Å²) in [5.74, 6) is 1.40. The molecule has 1 aliphatic carbocycles. The van der Waals surface area contributed by atoms with Crippen LogP contribution in [0.1, 0.15) is 41.2 Å². The molecule has 31 heavy (non-hydrogen) atoms. The number of benzene rings is 1. The first-order valence-corrected chi connectivity index (χ1v) is 11.0. The van der Waals surface area contributed by atoms with Gasteiger partial charge in [-0.15, -0.1) is 0 Å². The molecule has 1 aromatic heterocycles. The van der Waals surface area contributed by atoms with Gasteiger partial charge in [0.25, 0.3) is 5.91 Å². The minimum Gasteiger partial charge on any atom is -0.497 e. The Morgan fingerprint density at radius 3 is 2.48 bits per heavy atom. The van der Waals surface area contributed by atoms with Crippen molar-refractivity contribution in [1.82, 2.24) is 20.1 Å². The zero-order chi connectivity index (χ0) is 21.6. The van der Waals surface area contributed by atoms with Gasteiger partial charge in [-0.1, -0.05) is 12.1 Å². The van der Waals surface area contributed by atoms with Crippen LogP contribution in [0.5, 0.6) is 5.75 Å². The lowest BCUT2D eigenvalue weighted by molar-refractivity contribution is -0.123. The van der Waals surface area contributed by atoms with Gasteiger partial charge in [0.05, 0.1) is 19.7 Å². The van der Waals surface area contributed by atoms with E-state index in [1.807, 2.05) is 29.2 Å². The van der Waals surface area contributed by atoms with Crippen molar-refractivity contribution in [1.29, 1.82) is 0 Å². The normalized spacial score (nSPS) is 18.2. The first-order valence-electron chi connectivity index (χ1n) is 11.0. The van der Waals surface area contributed by atoms with Gasteiger partial charge in [-0.2, -0.15) is 0 Å². The van der Waals surface area contributed by atoms with Gasteiger partial charge in [-0.25, -0.2) is 0 Å². The molecule has 2 aliphatic rings. The molecule has 2 amide bonds. The van der Waals surface area contributed by atoms with E-state index in [4.69, 9.17) is 4.74 Å². The maximum absolute atomic E-state index is 12.8. The molecule has 1 saturated carbocycles. The molecule has 1 saturated heterocycles. The number of aromatic nitrogens is 1. The van der Waals surface area contributed by atoms with Gasteiger partial charge in [0.2, 0.25) is 5.91 Å². The van der Waals surface area contributed by atoms with E-state index in [1.165, 1.54) is 0 Å². The lowest BCUT2D eigenvalue weighted by atomic mass is 10.0. The van der Waals surface area contributed by atoms with E-state index in [1.54, 1.807) is 31.6 Å². The van der Waals surface area contributed by atoms with Crippen molar-refractivity contribution in [3.63, 3.8) is 0 Å². The van der Waals surface area contributed by atoms with Crippen LogP contribution in [0.4, 0.5) is 0 Å². The highest BCUT2D eigenvalue weighted by Gasteiger charge is 2.33. The van der Waals surface area contributed by atoms with Crippen molar-refractivity contribution in [3.8, 4) is 5.75 Å². The number of rotatable bonds is 7. The van der Waals surface area contributed by atoms with Gasteiger partial charge < -0.3 is 15.0 Å². The van der Waals surface area contributed by atoms with E-state index < -0.39 is 0 Å². The number of carbonyl (C=O) groups is 2. The van der Waals surface area contributed by atoms with Crippen molar-refractivity contribution in [3.05, 3.63) is 59.9 Å². The number of nitrogens with zero attached hydrogens (tertiary/aromatic N) is 3. The summed E-state index contributed by atoms with van der Waals surface area (Å²) >= 11 is 0. The van der Waals surface area contributed by atoms with Crippen LogP contribution in [0.2, 0.25) is 0 Å². The molecule has 2 aromatic rings. The number of ether oxygens (including phenoxy) is 1. The summed E-state index contributed by atoms with van der Waals surface area (Å²) in [5.41, 5.74) is 1.79. The van der Waals surface area contributed by atoms with Crippen molar-refractivity contribution in [2.24, 2.45) is 5.92 Å². The fraction of sp³-hybridized carbons (Fsp3) is 0.458. The lowest BCUT2D eigenvalue weighted by Gasteiger charge is -2.24. The second kappa shape index (κ2) is 9.92. The van der Waals surface area contributed by atoms with Crippen molar-refractivity contribution >= 4 is 11.8 Å². The van der Waals surface area contributed by atoms with Crippen LogP contribution < -0.4 is 10.1 Å². The summed E-state index contributed by atoms with van der Waals surface area (Å²) in [6, 6.07) is 11.5. The van der Waals surface area contributed by atoms with Gasteiger partial charge in [0.1, 0.15) is 5.75 Å². The van der Waals surface area contributed by atoms with E-state index in [9.17, 15) is 9.59 Å². The van der Waals surface area contributed by atoms with Crippen LogP contribution in [-0.2, 0) is 4.79 Å². The number of hydrogen-bond donors (Lipinski definition) is 1. The molecule has 1 unspecified atom stereocenters. The molecule has 4 rings (SSSR count). The molecule has 0 spiro atoms. The molecule has 1 aliphatic heterocycles. The minimum absolute atomic E-state index is 0.0296. The molecule has 164 valence electrons. The van der Waals surface area contributed by atoms with Gasteiger partial charge in [-0.05, 0) is 55.0 Å². The molecule has 1 aromatic carbocycles. The Morgan fingerprint density at radius 2 is 1.81 bits per heavy atom. The van der Waals surface area contributed by atoms with Crippen molar-refractivity contribution < 1.29 is 14.3 Å². The molecule has 7 nitrogen and oxygen atoms in total. The Labute approximate surface area is 183 Å². The summed E-state index contributed by atoms with van der Waals surface area (Å²) < 4.78 is 5.25. The molecular formula is C24H30N4O3. The minimum atomic E-state index is 0.0296. The maximum Gasteiger partial charge on any atom is 0.254 e. The van der Waals surface area contributed by atoms with Crippen molar-refractivity contribution in [2.75, 3.05) is 39.8 Å². The Bertz CT molecular complexity index is 883. The lowest BCUT2D eigenvalue weighted by Crippen LogP contribution is -2.41. The molecule has 2 heterocycles. The number of carbonyl (C=O) groups excluding carboxylic acids is 2. The van der Waals surface area contributed by atoms with Gasteiger partial charge >= 0.3 is 0 Å². The van der Waals surface area contributed by atoms with E-state index in [0.29, 0.717) is 37.7 Å². The van der Waals surface area contributed by atoms with Crippen LogP contribution in [-0.4, -0.2) is 66.4 Å². The number of amides is 2. The van der Waals surface area contributed by atoms with Gasteiger partial charge in [-0.3, -0.25) is 19.5 Å². The molecule has 0 radical (unpaired) electrons. The van der Waals surface area contributed by atoms with Gasteiger partial charge in [0, 0.05) is 44.1 Å². The SMILES string of the molecule is COc1ccc(C(NC(=O)CN2CCCN(C(=O)c3ccncc3)CC2)C2CC2)cc1. The molecule has 2 fully saturated rings. The Morgan fingerprint density at radius 1 is 1.06 bits per heavy atom. The maximum atomic E-state index is 12.8. The van der Waals surface area contributed by atoms with Gasteiger partial charge in [0.15, 0.2) is 0 Å². The molecular weight excluding hydrogens is 392 g/mol. The third kappa shape index (κ3) is 5.61. The average molecular weight is 423 g/mol. The second-order valence-corrected chi connectivity index (χ2v) is 8.31. The highest BCUT2D eigenvalue weighted by molar-refractivity contribution is 5.94. The third-order valence-corrected chi connectivity index (χ3v) is 6.06. The standard InChI is InChI=1S/C24H30N4O3/c1-31-21-7-5-19(6-8-21)23(18-3-4-18)26-22(29)17-27-13-2-14-28(16-15-27)24(30)20-9-11-25-12-10-20/h5-12,18,23H,2-4,13-17H2,1H3,(H,26,29). The highest BCUT2D eigenvalue weighted by Crippen LogP contribution is 2.41. The predicted octanol–water partition coefficient (Wildman–Crippen LogP) is 2.51. The van der Waals surface area contributed by atoms with Crippen LogP contribution in [0.15, 0.2) is 48.8 Å². The Hall–Kier alpha value is -2.93. The third-order valence-electron chi connectivity index (χ3n) is 6.06. The predicted molar refractivity (Wildman–Crippen MR) is 118 cm³/mol. The smallest absolute Gasteiger partial charge is 0.254 e. The fourth-order valence-corrected chi connectivity index (χ4v) is 4.15. The zero-order valence-electron chi connectivity index (χ0n) is 18.0. The van der Waals surface area contributed by atoms with E-state index in [0.717, 1.165) is 37.1 Å². The van der Waals surface area contributed by atoms with Crippen LogP contribution in [0, 0.1) is 5.92 Å². The quantitative estimate of drug-likeness (QED) is 0.742. The van der Waals surface area contributed by atoms with E-state index >= 15 is 0 Å². The molecule has 7 heteroatoms. The topological polar surface area (TPSA) is 74.8 Å². The van der Waals surface area contributed by atoms with Crippen LogP contribution in [0.3, 0.4) is 0 Å². The van der Waals surface area contributed by atoms with E-state index in [2.05, 4.69) is 15.2 Å². The number of methoxy groups -OCH3 is 1. The zero-order valence-corrected chi connectivity index (χ0v) is 18.0. The summed E-state index contributed by atoms with van der Waals surface area (Å²) in [4.78, 5) is 33.5. The summed E-state index contributed by atoms with van der Waals surface area (Å²) in [6.07, 6.45) is 6.43. The molecule has 1 atom stereocenters. The first-order chi connectivity index (χ1) is 15.1. The highest BCUT2D eigenvalue weighted by atomic mass is 16.5. The molecule has 0 bridgehead atoms. The summed E-state index contributed by atoms with van der Waals surface area (Å²) in [7, 11) is 1.65. The Kier molecular flexibility index (Phi) is 6.82. The summed E-state index contributed by atoms with van der Waals surface area (Å²) in [5, 5.41) is 3.25. The monoisotopic (exact) mass is 422 g/mol. The van der Waals surface area contributed by atoms with Crippen molar-refractivity contribution in [2.45, 2.75) is 25.3 Å². The largest absolute Gasteiger partial charge is 0.497 e. The number of hydrogen-bond acceptors (Lipinski definition) is 5.